The van der Waals surface area contributed by atoms with E-state index < -0.39 is 20.9 Å². The average Bonchev–Trinajstić information content (AvgIpc) is 2.90. The lowest BCUT2D eigenvalue weighted by molar-refractivity contribution is 0.0161. The molecule has 1 heterocycles. The highest BCUT2D eigenvalue weighted by Crippen LogP contribution is 2.30. The predicted octanol–water partition coefficient (Wildman–Crippen LogP) is 1.98. The van der Waals surface area contributed by atoms with Gasteiger partial charge in [-0.05, 0) is 25.0 Å². The number of esters is 1. The summed E-state index contributed by atoms with van der Waals surface area (Å²) in [7, 11) is -4.09. The van der Waals surface area contributed by atoms with Gasteiger partial charge in [-0.3, -0.25) is 0 Å². The number of benzene rings is 1. The Labute approximate surface area is 132 Å². The third-order valence-electron chi connectivity index (χ3n) is 2.96. The van der Waals surface area contributed by atoms with Crippen LogP contribution in [0, 0.1) is 0 Å². The first-order valence-electron chi connectivity index (χ1n) is 6.09. The van der Waals surface area contributed by atoms with Crippen LogP contribution in [0.5, 0.6) is 0 Å². The molecule has 1 atom stereocenters. The monoisotopic (exact) mass is 353 g/mol. The summed E-state index contributed by atoms with van der Waals surface area (Å²) < 4.78 is 33.2. The molecular weight excluding hydrogens is 341 g/mol. The van der Waals surface area contributed by atoms with Crippen LogP contribution in [0.3, 0.4) is 0 Å². The van der Waals surface area contributed by atoms with Crippen molar-refractivity contribution in [1.29, 1.82) is 0 Å². The second kappa shape index (κ2) is 6.50. The molecule has 2 rings (SSSR count). The zero-order chi connectivity index (χ0) is 15.6. The zero-order valence-electron chi connectivity index (χ0n) is 10.8. The van der Waals surface area contributed by atoms with Crippen LogP contribution < -0.4 is 5.14 Å². The molecule has 1 aliphatic rings. The lowest BCUT2D eigenvalue weighted by Gasteiger charge is -2.11. The molecule has 1 unspecified atom stereocenters. The van der Waals surface area contributed by atoms with Gasteiger partial charge in [0.1, 0.15) is 11.5 Å². The minimum Gasteiger partial charge on any atom is -0.459 e. The van der Waals surface area contributed by atoms with Crippen molar-refractivity contribution in [3.8, 4) is 0 Å². The summed E-state index contributed by atoms with van der Waals surface area (Å²) in [5.41, 5.74) is -0.0357. The van der Waals surface area contributed by atoms with Crippen molar-refractivity contribution in [2.24, 2.45) is 5.14 Å². The molecule has 21 heavy (non-hydrogen) atoms. The number of carbonyl (C=O) groups is 1. The van der Waals surface area contributed by atoms with Gasteiger partial charge in [-0.2, -0.15) is 0 Å². The van der Waals surface area contributed by atoms with Gasteiger partial charge in [-0.15, -0.1) is 0 Å². The number of ether oxygens (including phenoxy) is 2. The number of sulfonamides is 1. The molecule has 0 bridgehead atoms. The fourth-order valence-electron chi connectivity index (χ4n) is 1.92. The Morgan fingerprint density at radius 1 is 1.43 bits per heavy atom. The normalized spacial score (nSPS) is 18.7. The first kappa shape index (κ1) is 16.5. The van der Waals surface area contributed by atoms with Crippen molar-refractivity contribution in [3.63, 3.8) is 0 Å². The predicted molar refractivity (Wildman–Crippen MR) is 77.1 cm³/mol. The van der Waals surface area contributed by atoms with Gasteiger partial charge in [-0.25, -0.2) is 18.4 Å². The van der Waals surface area contributed by atoms with Crippen molar-refractivity contribution in [1.82, 2.24) is 0 Å². The Balaban J connectivity index is 2.19. The number of carbonyl (C=O) groups excluding carboxylic acids is 1. The largest absolute Gasteiger partial charge is 0.459 e. The molecule has 1 fully saturated rings. The summed E-state index contributed by atoms with van der Waals surface area (Å²) >= 11 is 11.6. The number of nitrogens with two attached hydrogens (primary N) is 1. The van der Waals surface area contributed by atoms with E-state index in [0.29, 0.717) is 6.61 Å². The van der Waals surface area contributed by atoms with Crippen LogP contribution in [-0.4, -0.2) is 33.7 Å². The smallest absolute Gasteiger partial charge is 0.338 e. The maximum atomic E-state index is 11.9. The molecule has 1 aromatic carbocycles. The molecule has 1 aromatic rings. The molecule has 116 valence electrons. The second-order valence-corrected chi connectivity index (χ2v) is 6.86. The van der Waals surface area contributed by atoms with E-state index in [2.05, 4.69) is 0 Å². The fraction of sp³-hybridized carbons (Fsp3) is 0.417. The van der Waals surface area contributed by atoms with Crippen molar-refractivity contribution in [3.05, 3.63) is 27.7 Å². The Kier molecular flexibility index (Phi) is 5.11. The first-order chi connectivity index (χ1) is 9.79. The number of halogens is 2. The second-order valence-electron chi connectivity index (χ2n) is 4.55. The number of rotatable bonds is 4. The van der Waals surface area contributed by atoms with Crippen LogP contribution in [0.4, 0.5) is 0 Å². The van der Waals surface area contributed by atoms with Crippen molar-refractivity contribution < 1.29 is 22.7 Å². The maximum absolute atomic E-state index is 11.9. The molecule has 0 aromatic heterocycles. The van der Waals surface area contributed by atoms with Crippen molar-refractivity contribution in [2.45, 2.75) is 23.8 Å². The molecule has 1 aliphatic heterocycles. The SMILES string of the molecule is NS(=O)(=O)c1cc(C(=O)OCC2CCCO2)cc(Cl)c1Cl. The number of hydrogen-bond donors (Lipinski definition) is 1. The average molecular weight is 354 g/mol. The minimum absolute atomic E-state index is 0.0357. The molecular formula is C12H13Cl2NO5S. The highest BCUT2D eigenvalue weighted by atomic mass is 35.5. The molecule has 6 nitrogen and oxygen atoms in total. The molecule has 0 radical (unpaired) electrons. The van der Waals surface area contributed by atoms with Gasteiger partial charge in [0.15, 0.2) is 0 Å². The van der Waals surface area contributed by atoms with Crippen LogP contribution in [0.15, 0.2) is 17.0 Å². The Hall–Kier alpha value is -0.860. The lowest BCUT2D eigenvalue weighted by atomic mass is 10.2. The van der Waals surface area contributed by atoms with Crippen molar-refractivity contribution in [2.75, 3.05) is 13.2 Å². The van der Waals surface area contributed by atoms with E-state index in [4.69, 9.17) is 37.8 Å². The highest BCUT2D eigenvalue weighted by Gasteiger charge is 2.22. The van der Waals surface area contributed by atoms with Gasteiger partial charge < -0.3 is 9.47 Å². The maximum Gasteiger partial charge on any atom is 0.338 e. The van der Waals surface area contributed by atoms with E-state index in [-0.39, 0.29) is 28.3 Å². The summed E-state index contributed by atoms with van der Waals surface area (Å²) in [6.07, 6.45) is 1.61. The van der Waals surface area contributed by atoms with Crippen LogP contribution in [0.25, 0.3) is 0 Å². The van der Waals surface area contributed by atoms with E-state index in [1.807, 2.05) is 0 Å². The van der Waals surface area contributed by atoms with Gasteiger partial charge in [0.25, 0.3) is 0 Å². The summed E-state index contributed by atoms with van der Waals surface area (Å²) in [6, 6.07) is 2.28. The molecule has 2 N–H and O–H groups in total. The topological polar surface area (TPSA) is 95.7 Å². The van der Waals surface area contributed by atoms with Crippen LogP contribution >= 0.6 is 23.2 Å². The molecule has 0 spiro atoms. The van der Waals surface area contributed by atoms with Gasteiger partial charge in [0.05, 0.1) is 21.7 Å². The van der Waals surface area contributed by atoms with Crippen LogP contribution in [0.1, 0.15) is 23.2 Å². The molecule has 9 heteroatoms. The first-order valence-corrected chi connectivity index (χ1v) is 8.40. The van der Waals surface area contributed by atoms with Gasteiger partial charge in [0.2, 0.25) is 10.0 Å². The third kappa shape index (κ3) is 4.08. The Morgan fingerprint density at radius 2 is 2.14 bits per heavy atom. The lowest BCUT2D eigenvalue weighted by Crippen LogP contribution is -2.19. The van der Waals surface area contributed by atoms with Crippen LogP contribution in [-0.2, 0) is 19.5 Å². The summed E-state index contributed by atoms with van der Waals surface area (Å²) in [4.78, 5) is 11.5. The molecule has 0 saturated carbocycles. The van der Waals surface area contributed by atoms with E-state index in [1.54, 1.807) is 0 Å². The quantitative estimate of drug-likeness (QED) is 0.834. The van der Waals surface area contributed by atoms with E-state index in [9.17, 15) is 13.2 Å². The number of primary sulfonamides is 1. The standard InChI is InChI=1S/C12H13Cl2NO5S/c13-9-4-7(5-10(11(9)14)21(15,17)18)12(16)20-6-8-2-1-3-19-8/h4-5,8H,1-3,6H2,(H2,15,17,18). The summed E-state index contributed by atoms with van der Waals surface area (Å²) in [6.45, 7) is 0.744. The van der Waals surface area contributed by atoms with Gasteiger partial charge in [0, 0.05) is 6.61 Å². The minimum atomic E-state index is -4.09. The summed E-state index contributed by atoms with van der Waals surface area (Å²) in [5.74, 6) is -0.714. The van der Waals surface area contributed by atoms with E-state index in [0.717, 1.165) is 18.9 Å². The Morgan fingerprint density at radius 3 is 2.71 bits per heavy atom. The van der Waals surface area contributed by atoms with Crippen molar-refractivity contribution >= 4 is 39.2 Å². The highest BCUT2D eigenvalue weighted by molar-refractivity contribution is 7.89. The summed E-state index contributed by atoms with van der Waals surface area (Å²) in [5, 5.41) is 4.71. The fourth-order valence-corrected chi connectivity index (χ4v) is 3.27. The molecule has 0 aliphatic carbocycles. The third-order valence-corrected chi connectivity index (χ3v) is 4.81. The number of hydrogen-bond acceptors (Lipinski definition) is 5. The zero-order valence-corrected chi connectivity index (χ0v) is 13.2. The van der Waals surface area contributed by atoms with Gasteiger partial charge >= 0.3 is 5.97 Å². The van der Waals surface area contributed by atoms with E-state index >= 15 is 0 Å². The molecule has 1 saturated heterocycles. The van der Waals surface area contributed by atoms with Gasteiger partial charge in [-0.1, -0.05) is 23.2 Å². The molecule has 0 amide bonds. The van der Waals surface area contributed by atoms with Crippen LogP contribution in [0.2, 0.25) is 10.0 Å². The Bertz CT molecular complexity index is 656. The van der Waals surface area contributed by atoms with E-state index in [1.165, 1.54) is 6.07 Å².